The van der Waals surface area contributed by atoms with E-state index in [0.717, 1.165) is 11.6 Å². The molecule has 0 aromatic heterocycles. The maximum Gasteiger partial charge on any atom is 0.315 e. The van der Waals surface area contributed by atoms with Crippen molar-refractivity contribution in [3.8, 4) is 5.75 Å². The molecule has 6 nitrogen and oxygen atoms in total. The fraction of sp³-hybridized carbons (Fsp3) is 0.263. The topological polar surface area (TPSA) is 79.5 Å². The van der Waals surface area contributed by atoms with Crippen LogP contribution in [0, 0.1) is 11.6 Å². The van der Waals surface area contributed by atoms with Crippen molar-refractivity contribution in [3.63, 3.8) is 0 Å². The molecule has 3 N–H and O–H groups in total. The van der Waals surface area contributed by atoms with E-state index in [2.05, 4.69) is 16.0 Å². The number of rotatable bonds is 4. The van der Waals surface area contributed by atoms with Gasteiger partial charge in [0.1, 0.15) is 12.4 Å². The van der Waals surface area contributed by atoms with Crippen molar-refractivity contribution < 1.29 is 23.1 Å². The molecule has 3 rings (SSSR count). The summed E-state index contributed by atoms with van der Waals surface area (Å²) >= 11 is 0. The Morgan fingerprint density at radius 3 is 2.63 bits per heavy atom. The molecule has 0 fully saturated rings. The van der Waals surface area contributed by atoms with Gasteiger partial charge in [-0.1, -0.05) is 12.1 Å². The molecule has 1 aliphatic heterocycles. The number of nitrogens with one attached hydrogen (secondary N) is 3. The fourth-order valence-electron chi connectivity index (χ4n) is 2.86. The smallest absolute Gasteiger partial charge is 0.315 e. The van der Waals surface area contributed by atoms with Crippen LogP contribution in [0.15, 0.2) is 36.4 Å². The molecule has 0 radical (unpaired) electrons. The number of urea groups is 1. The van der Waals surface area contributed by atoms with E-state index in [1.807, 2.05) is 0 Å². The van der Waals surface area contributed by atoms with E-state index in [4.69, 9.17) is 4.74 Å². The van der Waals surface area contributed by atoms with Crippen molar-refractivity contribution in [1.82, 2.24) is 10.6 Å². The van der Waals surface area contributed by atoms with Crippen molar-refractivity contribution in [3.05, 3.63) is 59.2 Å². The molecule has 0 saturated carbocycles. The zero-order valence-electron chi connectivity index (χ0n) is 14.6. The van der Waals surface area contributed by atoms with Gasteiger partial charge in [0.25, 0.3) is 0 Å². The Kier molecular flexibility index (Phi) is 5.54. The van der Waals surface area contributed by atoms with Gasteiger partial charge in [-0.2, -0.15) is 0 Å². The number of hydrogen-bond donors (Lipinski definition) is 3. The van der Waals surface area contributed by atoms with Crippen molar-refractivity contribution >= 4 is 17.6 Å². The highest BCUT2D eigenvalue weighted by atomic mass is 19.1. The lowest BCUT2D eigenvalue weighted by Crippen LogP contribution is -2.47. The zero-order chi connectivity index (χ0) is 19.4. The van der Waals surface area contributed by atoms with E-state index < -0.39 is 17.7 Å². The molecule has 27 heavy (non-hydrogen) atoms. The minimum Gasteiger partial charge on any atom is -0.488 e. The van der Waals surface area contributed by atoms with Gasteiger partial charge < -0.3 is 20.7 Å². The van der Waals surface area contributed by atoms with Gasteiger partial charge in [0.05, 0.1) is 6.04 Å². The van der Waals surface area contributed by atoms with E-state index in [1.54, 1.807) is 24.3 Å². The molecule has 0 saturated heterocycles. The van der Waals surface area contributed by atoms with E-state index >= 15 is 0 Å². The zero-order valence-corrected chi connectivity index (χ0v) is 14.6. The Morgan fingerprint density at radius 2 is 1.93 bits per heavy atom. The van der Waals surface area contributed by atoms with Crippen LogP contribution < -0.4 is 20.7 Å². The second-order valence-electron chi connectivity index (χ2n) is 6.29. The maximum absolute atomic E-state index is 13.6. The summed E-state index contributed by atoms with van der Waals surface area (Å²) in [5, 5.41) is 8.10. The molecular formula is C19H19F2N3O3. The summed E-state index contributed by atoms with van der Waals surface area (Å²) in [5.41, 5.74) is 1.92. The van der Waals surface area contributed by atoms with E-state index in [-0.39, 0.29) is 30.7 Å². The molecule has 142 valence electrons. The van der Waals surface area contributed by atoms with Crippen LogP contribution in [0.2, 0.25) is 0 Å². The number of carbonyl (C=O) groups excluding carboxylic acids is 2. The van der Waals surface area contributed by atoms with Gasteiger partial charge in [-0.25, -0.2) is 13.6 Å². The first-order valence-corrected chi connectivity index (χ1v) is 8.42. The van der Waals surface area contributed by atoms with Gasteiger partial charge in [0.2, 0.25) is 5.91 Å². The number of hydrogen-bond acceptors (Lipinski definition) is 3. The Balaban J connectivity index is 1.50. The van der Waals surface area contributed by atoms with Gasteiger partial charge in [0, 0.05) is 30.8 Å². The molecule has 0 bridgehead atoms. The lowest BCUT2D eigenvalue weighted by atomic mass is 10.0. The van der Waals surface area contributed by atoms with Crippen LogP contribution in [0.25, 0.3) is 0 Å². The predicted octanol–water partition coefficient (Wildman–Crippen LogP) is 2.73. The Bertz CT molecular complexity index is 856. The van der Waals surface area contributed by atoms with Gasteiger partial charge in [-0.15, -0.1) is 0 Å². The standard InChI is InChI=1S/C19H19F2N3O3/c1-11(25)23-15-4-2-12(3-5-15)9-22-19(26)24-16-7-13-6-14(20)8-17(21)18(13)27-10-16/h2-6,8,16H,7,9-10H2,1H3,(H,23,25)(H2,22,24,26). The third kappa shape index (κ3) is 4.93. The highest BCUT2D eigenvalue weighted by molar-refractivity contribution is 5.88. The van der Waals surface area contributed by atoms with E-state index in [0.29, 0.717) is 17.8 Å². The van der Waals surface area contributed by atoms with Crippen LogP contribution in [0.3, 0.4) is 0 Å². The minimum absolute atomic E-state index is 0.0362. The lowest BCUT2D eigenvalue weighted by Gasteiger charge is -2.26. The second kappa shape index (κ2) is 8.03. The first-order valence-electron chi connectivity index (χ1n) is 8.42. The average molecular weight is 375 g/mol. The molecule has 0 spiro atoms. The van der Waals surface area contributed by atoms with Crippen molar-refractivity contribution in [1.29, 1.82) is 0 Å². The number of benzene rings is 2. The second-order valence-corrected chi connectivity index (χ2v) is 6.29. The largest absolute Gasteiger partial charge is 0.488 e. The Labute approximate surface area is 154 Å². The molecule has 1 heterocycles. The summed E-state index contributed by atoms with van der Waals surface area (Å²) < 4.78 is 32.3. The fourth-order valence-corrected chi connectivity index (χ4v) is 2.86. The van der Waals surface area contributed by atoms with Gasteiger partial charge in [-0.05, 0) is 30.2 Å². The van der Waals surface area contributed by atoms with Crippen LogP contribution >= 0.6 is 0 Å². The molecule has 1 unspecified atom stereocenters. The third-order valence-electron chi connectivity index (χ3n) is 4.04. The van der Waals surface area contributed by atoms with Crippen molar-refractivity contribution in [2.24, 2.45) is 0 Å². The minimum atomic E-state index is -0.740. The molecule has 1 aliphatic rings. The predicted molar refractivity (Wildman–Crippen MR) is 95.5 cm³/mol. The first kappa shape index (κ1) is 18.6. The van der Waals surface area contributed by atoms with Gasteiger partial charge in [-0.3, -0.25) is 4.79 Å². The van der Waals surface area contributed by atoms with Crippen LogP contribution in [0.5, 0.6) is 5.75 Å². The number of fused-ring (bicyclic) bond motifs is 1. The SMILES string of the molecule is CC(=O)Nc1ccc(CNC(=O)NC2COc3c(F)cc(F)cc3C2)cc1. The normalized spacial score (nSPS) is 15.3. The maximum atomic E-state index is 13.6. The Hall–Kier alpha value is -3.16. The van der Waals surface area contributed by atoms with Crippen molar-refractivity contribution in [2.45, 2.75) is 25.9 Å². The molecular weight excluding hydrogens is 356 g/mol. The van der Waals surface area contributed by atoms with E-state index in [9.17, 15) is 18.4 Å². The Morgan fingerprint density at radius 1 is 1.19 bits per heavy atom. The molecule has 3 amide bonds. The van der Waals surface area contributed by atoms with Gasteiger partial charge in [0.15, 0.2) is 11.6 Å². The number of carbonyl (C=O) groups is 2. The number of ether oxygens (including phenoxy) is 1. The van der Waals surface area contributed by atoms with Crippen molar-refractivity contribution in [2.75, 3.05) is 11.9 Å². The van der Waals surface area contributed by atoms with Crippen LogP contribution in [-0.2, 0) is 17.8 Å². The molecule has 2 aromatic rings. The first-order chi connectivity index (χ1) is 12.9. The molecule has 2 aromatic carbocycles. The highest BCUT2D eigenvalue weighted by Gasteiger charge is 2.24. The number of amides is 3. The summed E-state index contributed by atoms with van der Waals surface area (Å²) in [6.45, 7) is 1.82. The molecule has 0 aliphatic carbocycles. The summed E-state index contributed by atoms with van der Waals surface area (Å²) in [6.07, 6.45) is 0.281. The summed E-state index contributed by atoms with van der Waals surface area (Å²) in [7, 11) is 0. The van der Waals surface area contributed by atoms with Crippen LogP contribution in [0.1, 0.15) is 18.1 Å². The van der Waals surface area contributed by atoms with E-state index in [1.165, 1.54) is 13.0 Å². The monoisotopic (exact) mass is 375 g/mol. The number of halogens is 2. The lowest BCUT2D eigenvalue weighted by molar-refractivity contribution is -0.114. The van der Waals surface area contributed by atoms with Crippen LogP contribution in [-0.4, -0.2) is 24.6 Å². The third-order valence-corrected chi connectivity index (χ3v) is 4.04. The quantitative estimate of drug-likeness (QED) is 0.769. The van der Waals surface area contributed by atoms with Gasteiger partial charge >= 0.3 is 6.03 Å². The molecule has 1 atom stereocenters. The summed E-state index contributed by atoms with van der Waals surface area (Å²) in [4.78, 5) is 23.0. The average Bonchev–Trinajstić information content (AvgIpc) is 2.60. The number of anilines is 1. The highest BCUT2D eigenvalue weighted by Crippen LogP contribution is 2.28. The van der Waals surface area contributed by atoms with Crippen LogP contribution in [0.4, 0.5) is 19.3 Å². The summed E-state index contributed by atoms with van der Waals surface area (Å²) in [6, 6.07) is 8.25. The summed E-state index contributed by atoms with van der Waals surface area (Å²) in [5.74, 6) is -1.54. The molecule has 8 heteroatoms.